The lowest BCUT2D eigenvalue weighted by atomic mass is 9.66. The Kier molecular flexibility index (Phi) is 4.00. The first kappa shape index (κ1) is 14.5. The Bertz CT molecular complexity index is 447. The van der Waals surface area contributed by atoms with Gasteiger partial charge in [-0.3, -0.25) is 0 Å². The number of aryl methyl sites for hydroxylation is 1. The molecule has 1 aliphatic carbocycles. The monoisotopic (exact) mass is 263 g/mol. The van der Waals surface area contributed by atoms with E-state index in [0.29, 0.717) is 17.3 Å². The summed E-state index contributed by atoms with van der Waals surface area (Å²) < 4.78 is 13.4. The molecule has 0 saturated heterocycles. The van der Waals surface area contributed by atoms with Gasteiger partial charge >= 0.3 is 0 Å². The van der Waals surface area contributed by atoms with Gasteiger partial charge in [-0.05, 0) is 60.6 Å². The quantitative estimate of drug-likeness (QED) is 0.799. The SMILES string of the molecule is Cc1cc(C2CC(C(C)(C)C)CCC2N)ccc1F. The van der Waals surface area contributed by atoms with Gasteiger partial charge < -0.3 is 5.73 Å². The van der Waals surface area contributed by atoms with E-state index >= 15 is 0 Å². The summed E-state index contributed by atoms with van der Waals surface area (Å²) in [6.45, 7) is 8.75. The number of rotatable bonds is 1. The Morgan fingerprint density at radius 1 is 1.21 bits per heavy atom. The molecule has 0 heterocycles. The van der Waals surface area contributed by atoms with Gasteiger partial charge in [0.15, 0.2) is 0 Å². The third kappa shape index (κ3) is 3.17. The lowest BCUT2D eigenvalue weighted by Crippen LogP contribution is -2.38. The summed E-state index contributed by atoms with van der Waals surface area (Å²) in [6, 6.07) is 5.68. The minimum absolute atomic E-state index is 0.125. The Balaban J connectivity index is 2.23. The van der Waals surface area contributed by atoms with Crippen molar-refractivity contribution in [3.8, 4) is 0 Å². The van der Waals surface area contributed by atoms with Gasteiger partial charge in [0.2, 0.25) is 0 Å². The zero-order valence-corrected chi connectivity index (χ0v) is 12.5. The summed E-state index contributed by atoms with van der Waals surface area (Å²) in [6.07, 6.45) is 3.40. The molecular weight excluding hydrogens is 237 g/mol. The summed E-state index contributed by atoms with van der Waals surface area (Å²) in [7, 11) is 0. The van der Waals surface area contributed by atoms with Gasteiger partial charge in [0.05, 0.1) is 0 Å². The van der Waals surface area contributed by atoms with Crippen LogP contribution in [0.2, 0.25) is 0 Å². The second kappa shape index (κ2) is 5.24. The maximum absolute atomic E-state index is 13.4. The van der Waals surface area contributed by atoms with E-state index in [2.05, 4.69) is 20.8 Å². The van der Waals surface area contributed by atoms with Gasteiger partial charge in [0.1, 0.15) is 5.82 Å². The van der Waals surface area contributed by atoms with Gasteiger partial charge in [0.25, 0.3) is 0 Å². The van der Waals surface area contributed by atoms with Crippen LogP contribution in [0.25, 0.3) is 0 Å². The molecule has 0 bridgehead atoms. The molecule has 2 rings (SSSR count). The van der Waals surface area contributed by atoms with Crippen LogP contribution in [0.5, 0.6) is 0 Å². The number of benzene rings is 1. The molecular formula is C17H26FN. The van der Waals surface area contributed by atoms with Crippen molar-refractivity contribution >= 4 is 0 Å². The third-order valence-corrected chi connectivity index (χ3v) is 4.74. The van der Waals surface area contributed by atoms with Crippen molar-refractivity contribution in [3.05, 3.63) is 35.1 Å². The number of halogens is 1. The summed E-state index contributed by atoms with van der Waals surface area (Å²) >= 11 is 0. The van der Waals surface area contributed by atoms with Crippen LogP contribution < -0.4 is 5.73 Å². The van der Waals surface area contributed by atoms with Gasteiger partial charge in [-0.2, -0.15) is 0 Å². The molecule has 1 saturated carbocycles. The third-order valence-electron chi connectivity index (χ3n) is 4.74. The second-order valence-corrected chi connectivity index (χ2v) is 7.15. The van der Waals surface area contributed by atoms with E-state index in [-0.39, 0.29) is 11.9 Å². The molecule has 1 fully saturated rings. The van der Waals surface area contributed by atoms with Crippen molar-refractivity contribution in [1.82, 2.24) is 0 Å². The van der Waals surface area contributed by atoms with Crippen LogP contribution >= 0.6 is 0 Å². The Morgan fingerprint density at radius 3 is 2.47 bits per heavy atom. The van der Waals surface area contributed by atoms with E-state index in [4.69, 9.17) is 5.73 Å². The molecule has 0 aliphatic heterocycles. The van der Waals surface area contributed by atoms with Crippen LogP contribution in [-0.2, 0) is 0 Å². The Labute approximate surface area is 116 Å². The molecule has 1 aliphatic rings. The summed E-state index contributed by atoms with van der Waals surface area (Å²) in [5.74, 6) is 0.945. The van der Waals surface area contributed by atoms with Crippen molar-refractivity contribution in [1.29, 1.82) is 0 Å². The number of hydrogen-bond acceptors (Lipinski definition) is 1. The molecule has 2 N–H and O–H groups in total. The average molecular weight is 263 g/mol. The maximum atomic E-state index is 13.4. The fraction of sp³-hybridized carbons (Fsp3) is 0.647. The molecule has 0 spiro atoms. The molecule has 1 aromatic rings. The topological polar surface area (TPSA) is 26.0 Å². The lowest BCUT2D eigenvalue weighted by molar-refractivity contribution is 0.154. The molecule has 1 nitrogen and oxygen atoms in total. The Hall–Kier alpha value is -0.890. The van der Waals surface area contributed by atoms with Crippen LogP contribution in [0, 0.1) is 24.1 Å². The van der Waals surface area contributed by atoms with Crippen molar-refractivity contribution in [2.24, 2.45) is 17.1 Å². The highest BCUT2D eigenvalue weighted by atomic mass is 19.1. The molecule has 0 radical (unpaired) electrons. The first-order valence-corrected chi connectivity index (χ1v) is 7.30. The van der Waals surface area contributed by atoms with Gasteiger partial charge in [-0.15, -0.1) is 0 Å². The van der Waals surface area contributed by atoms with E-state index in [1.165, 1.54) is 12.0 Å². The molecule has 19 heavy (non-hydrogen) atoms. The first-order valence-electron chi connectivity index (χ1n) is 7.30. The lowest BCUT2D eigenvalue weighted by Gasteiger charge is -2.41. The van der Waals surface area contributed by atoms with E-state index < -0.39 is 0 Å². The zero-order valence-electron chi connectivity index (χ0n) is 12.5. The molecule has 3 unspecified atom stereocenters. The number of nitrogens with two attached hydrogens (primary N) is 1. The standard InChI is InChI=1S/C17H26FN/c1-11-9-12(5-7-15(11)18)14-10-13(17(2,3)4)6-8-16(14)19/h5,7,9,13-14,16H,6,8,10,19H2,1-4H3. The fourth-order valence-electron chi connectivity index (χ4n) is 3.26. The van der Waals surface area contributed by atoms with E-state index in [1.807, 2.05) is 19.1 Å². The summed E-state index contributed by atoms with van der Waals surface area (Å²) in [4.78, 5) is 0. The van der Waals surface area contributed by atoms with Crippen LogP contribution in [0.15, 0.2) is 18.2 Å². The van der Waals surface area contributed by atoms with Gasteiger partial charge in [-0.1, -0.05) is 32.9 Å². The summed E-state index contributed by atoms with van der Waals surface area (Å²) in [5, 5.41) is 0. The zero-order chi connectivity index (χ0) is 14.2. The molecule has 0 amide bonds. The first-order chi connectivity index (χ1) is 8.79. The minimum Gasteiger partial charge on any atom is -0.327 e. The average Bonchev–Trinajstić information content (AvgIpc) is 2.32. The molecule has 1 aromatic carbocycles. The predicted molar refractivity (Wildman–Crippen MR) is 78.6 cm³/mol. The van der Waals surface area contributed by atoms with Crippen LogP contribution in [0.1, 0.15) is 57.1 Å². The van der Waals surface area contributed by atoms with Crippen LogP contribution in [0.4, 0.5) is 4.39 Å². The van der Waals surface area contributed by atoms with E-state index in [9.17, 15) is 4.39 Å². The van der Waals surface area contributed by atoms with E-state index in [0.717, 1.165) is 18.4 Å². The predicted octanol–water partition coefficient (Wildman–Crippen LogP) is 4.39. The van der Waals surface area contributed by atoms with Crippen LogP contribution in [0.3, 0.4) is 0 Å². The van der Waals surface area contributed by atoms with Crippen LogP contribution in [-0.4, -0.2) is 6.04 Å². The van der Waals surface area contributed by atoms with Gasteiger partial charge in [0, 0.05) is 6.04 Å². The molecule has 2 heteroatoms. The van der Waals surface area contributed by atoms with Crippen molar-refractivity contribution < 1.29 is 4.39 Å². The molecule has 0 aromatic heterocycles. The highest BCUT2D eigenvalue weighted by Crippen LogP contribution is 2.43. The van der Waals surface area contributed by atoms with Crippen molar-refractivity contribution in [3.63, 3.8) is 0 Å². The largest absolute Gasteiger partial charge is 0.327 e. The van der Waals surface area contributed by atoms with E-state index in [1.54, 1.807) is 6.07 Å². The highest BCUT2D eigenvalue weighted by molar-refractivity contribution is 5.28. The minimum atomic E-state index is -0.125. The second-order valence-electron chi connectivity index (χ2n) is 7.15. The Morgan fingerprint density at radius 2 is 1.89 bits per heavy atom. The molecule has 3 atom stereocenters. The fourth-order valence-corrected chi connectivity index (χ4v) is 3.26. The van der Waals surface area contributed by atoms with Crippen molar-refractivity contribution in [2.45, 2.75) is 58.9 Å². The van der Waals surface area contributed by atoms with Crippen molar-refractivity contribution in [2.75, 3.05) is 0 Å². The highest BCUT2D eigenvalue weighted by Gasteiger charge is 2.35. The number of hydrogen-bond donors (Lipinski definition) is 1. The summed E-state index contributed by atoms with van der Waals surface area (Å²) in [5.41, 5.74) is 8.57. The normalized spacial score (nSPS) is 28.4. The van der Waals surface area contributed by atoms with Gasteiger partial charge in [-0.25, -0.2) is 4.39 Å². The molecule has 106 valence electrons. The smallest absolute Gasteiger partial charge is 0.126 e. The maximum Gasteiger partial charge on any atom is 0.126 e.